The van der Waals surface area contributed by atoms with Crippen LogP contribution in [-0.2, 0) is 14.3 Å². The number of aliphatic hydroxyl groups excluding tert-OH is 1. The molecule has 0 unspecified atom stereocenters. The number of aromatic nitrogens is 1. The number of aliphatic hydroxyl groups is 1. The van der Waals surface area contributed by atoms with E-state index >= 15 is 0 Å². The second-order valence-corrected chi connectivity index (χ2v) is 8.29. The number of aromatic amines is 1. The van der Waals surface area contributed by atoms with Gasteiger partial charge in [0, 0.05) is 23.4 Å². The predicted molar refractivity (Wildman–Crippen MR) is 120 cm³/mol. The zero-order chi connectivity index (χ0) is 24.4. The molecule has 1 fully saturated rings. The molecule has 1 aliphatic heterocycles. The normalized spacial score (nSPS) is 17.8. The van der Waals surface area contributed by atoms with Crippen LogP contribution in [0.3, 0.4) is 0 Å². The minimum atomic E-state index is -1.09. The fourth-order valence-corrected chi connectivity index (χ4v) is 4.23. The number of rotatable bonds is 7. The number of carbonyl (C=O) groups excluding carboxylic acids is 3. The van der Waals surface area contributed by atoms with Gasteiger partial charge in [0.15, 0.2) is 0 Å². The lowest BCUT2D eigenvalue weighted by atomic mass is 9.93. The molecule has 3 rings (SSSR count). The lowest BCUT2D eigenvalue weighted by Crippen LogP contribution is -2.32. The van der Waals surface area contributed by atoms with Gasteiger partial charge in [0.25, 0.3) is 11.7 Å². The van der Waals surface area contributed by atoms with Crippen LogP contribution in [0.15, 0.2) is 29.8 Å². The Bertz CT molecular complexity index is 1140. The number of nitrogens with one attached hydrogen (secondary N) is 1. The summed E-state index contributed by atoms with van der Waals surface area (Å²) >= 11 is 0. The number of ketones is 1. The van der Waals surface area contributed by atoms with Crippen molar-refractivity contribution in [2.75, 3.05) is 34.3 Å². The van der Waals surface area contributed by atoms with E-state index in [1.807, 2.05) is 19.0 Å². The van der Waals surface area contributed by atoms with Gasteiger partial charge in [0.05, 0.1) is 18.7 Å². The van der Waals surface area contributed by atoms with Crippen molar-refractivity contribution in [2.45, 2.75) is 26.3 Å². The summed E-state index contributed by atoms with van der Waals surface area (Å²) in [4.78, 5) is 44.2. The molecule has 0 bridgehead atoms. The van der Waals surface area contributed by atoms with E-state index in [9.17, 15) is 23.9 Å². The number of Topliss-reactive ketones (excluding diaryl/α,β-unsaturated/α-hetero) is 1. The first-order valence-electron chi connectivity index (χ1n) is 10.6. The number of ether oxygens (including phenoxy) is 1. The second-order valence-electron chi connectivity index (χ2n) is 8.29. The maximum Gasteiger partial charge on any atom is 0.354 e. The van der Waals surface area contributed by atoms with Crippen LogP contribution in [0.2, 0.25) is 0 Å². The highest BCUT2D eigenvalue weighted by Gasteiger charge is 2.47. The van der Waals surface area contributed by atoms with Crippen LogP contribution in [0.1, 0.15) is 45.3 Å². The highest BCUT2D eigenvalue weighted by molar-refractivity contribution is 6.46. The quantitative estimate of drug-likeness (QED) is 0.287. The monoisotopic (exact) mass is 457 g/mol. The molecular formula is C24H28FN3O5. The molecule has 33 heavy (non-hydrogen) atoms. The summed E-state index contributed by atoms with van der Waals surface area (Å²) < 4.78 is 19.6. The summed E-state index contributed by atoms with van der Waals surface area (Å²) in [5, 5.41) is 11.3. The number of hydrogen-bond donors (Lipinski definition) is 2. The molecular weight excluding hydrogens is 429 g/mol. The molecule has 2 N–H and O–H groups in total. The molecule has 1 atom stereocenters. The molecule has 8 nitrogen and oxygen atoms in total. The van der Waals surface area contributed by atoms with Crippen molar-refractivity contribution in [3.63, 3.8) is 0 Å². The summed E-state index contributed by atoms with van der Waals surface area (Å²) in [6, 6.07) is 4.77. The minimum Gasteiger partial charge on any atom is -0.507 e. The van der Waals surface area contributed by atoms with Crippen molar-refractivity contribution in [1.82, 2.24) is 14.8 Å². The summed E-state index contributed by atoms with van der Waals surface area (Å²) in [6.45, 7) is 4.08. The standard InChI is InChI=1S/C24H28FN3O5/c1-13-17(14(2)26-19(13)24(32)33-5)21(29)18-20(15-9-6-7-10-16(15)25)28(23(31)22(18)30)12-8-11-27(3)4/h6-7,9-10,20,26,29H,8,11-12H2,1-5H3/t20-/m1/s1. The van der Waals surface area contributed by atoms with E-state index in [-0.39, 0.29) is 28.9 Å². The highest BCUT2D eigenvalue weighted by Crippen LogP contribution is 2.41. The molecule has 1 saturated heterocycles. The second kappa shape index (κ2) is 9.58. The molecule has 1 aliphatic rings. The Kier molecular flexibility index (Phi) is 7.02. The maximum absolute atomic E-state index is 14.8. The third-order valence-corrected chi connectivity index (χ3v) is 5.81. The van der Waals surface area contributed by atoms with Gasteiger partial charge in [-0.1, -0.05) is 18.2 Å². The number of nitrogens with zero attached hydrogens (tertiary/aromatic N) is 2. The molecule has 1 amide bonds. The van der Waals surface area contributed by atoms with E-state index in [0.29, 0.717) is 24.2 Å². The average molecular weight is 458 g/mol. The molecule has 9 heteroatoms. The number of likely N-dealkylation sites (tertiary alicyclic amines) is 1. The summed E-state index contributed by atoms with van der Waals surface area (Å²) in [5.74, 6) is -3.39. The smallest absolute Gasteiger partial charge is 0.354 e. The van der Waals surface area contributed by atoms with E-state index in [2.05, 4.69) is 4.98 Å². The Hall–Kier alpha value is -3.46. The van der Waals surface area contributed by atoms with Crippen molar-refractivity contribution in [1.29, 1.82) is 0 Å². The Morgan fingerprint density at radius 1 is 1.24 bits per heavy atom. The molecule has 1 aromatic heterocycles. The van der Waals surface area contributed by atoms with Gasteiger partial charge in [0.2, 0.25) is 0 Å². The van der Waals surface area contributed by atoms with E-state index in [4.69, 9.17) is 4.74 Å². The Balaban J connectivity index is 2.20. The lowest BCUT2D eigenvalue weighted by Gasteiger charge is -2.26. The highest BCUT2D eigenvalue weighted by atomic mass is 19.1. The van der Waals surface area contributed by atoms with Gasteiger partial charge in [0.1, 0.15) is 17.3 Å². The Morgan fingerprint density at radius 3 is 2.52 bits per heavy atom. The van der Waals surface area contributed by atoms with Crippen molar-refractivity contribution in [3.8, 4) is 0 Å². The number of benzene rings is 1. The first-order valence-corrected chi connectivity index (χ1v) is 10.6. The molecule has 0 aliphatic carbocycles. The van der Waals surface area contributed by atoms with Crippen LogP contribution in [-0.4, -0.2) is 71.8 Å². The van der Waals surface area contributed by atoms with Crippen molar-refractivity contribution in [2.24, 2.45) is 0 Å². The third kappa shape index (κ3) is 4.41. The zero-order valence-corrected chi connectivity index (χ0v) is 19.4. The van der Waals surface area contributed by atoms with Gasteiger partial charge >= 0.3 is 5.97 Å². The van der Waals surface area contributed by atoms with Crippen molar-refractivity contribution < 1.29 is 28.6 Å². The fourth-order valence-electron chi connectivity index (χ4n) is 4.23. The Morgan fingerprint density at radius 2 is 1.91 bits per heavy atom. The average Bonchev–Trinajstić information content (AvgIpc) is 3.20. The topological polar surface area (TPSA) is 103 Å². The SMILES string of the molecule is COC(=O)c1[nH]c(C)c(C(O)=C2C(=O)C(=O)N(CCCN(C)C)[C@@H]2c2ccccc2F)c1C. The first kappa shape index (κ1) is 24.2. The predicted octanol–water partition coefficient (Wildman–Crippen LogP) is 2.93. The number of halogens is 1. The summed E-state index contributed by atoms with van der Waals surface area (Å²) in [5.41, 5.74) is 1.01. The van der Waals surface area contributed by atoms with Gasteiger partial charge in [-0.3, -0.25) is 9.59 Å². The first-order chi connectivity index (χ1) is 15.6. The van der Waals surface area contributed by atoms with E-state index < -0.39 is 35.3 Å². The van der Waals surface area contributed by atoms with Gasteiger partial charge in [-0.15, -0.1) is 0 Å². The fraction of sp³-hybridized carbons (Fsp3) is 0.375. The summed E-state index contributed by atoms with van der Waals surface area (Å²) in [6.07, 6.45) is 0.555. The molecule has 0 spiro atoms. The minimum absolute atomic E-state index is 0.113. The van der Waals surface area contributed by atoms with Gasteiger partial charge in [-0.2, -0.15) is 0 Å². The zero-order valence-electron chi connectivity index (χ0n) is 19.4. The number of amides is 1. The van der Waals surface area contributed by atoms with Gasteiger partial charge < -0.3 is 24.6 Å². The van der Waals surface area contributed by atoms with Crippen molar-refractivity contribution >= 4 is 23.4 Å². The molecule has 2 aromatic rings. The largest absolute Gasteiger partial charge is 0.507 e. The van der Waals surface area contributed by atoms with Crippen LogP contribution in [0, 0.1) is 19.7 Å². The molecule has 0 saturated carbocycles. The van der Waals surface area contributed by atoms with Crippen molar-refractivity contribution in [3.05, 3.63) is 63.7 Å². The maximum atomic E-state index is 14.8. The Labute approximate surface area is 191 Å². The lowest BCUT2D eigenvalue weighted by molar-refractivity contribution is -0.140. The van der Waals surface area contributed by atoms with Crippen LogP contribution in [0.4, 0.5) is 4.39 Å². The number of hydrogen-bond acceptors (Lipinski definition) is 6. The van der Waals surface area contributed by atoms with Gasteiger partial charge in [-0.05, 0) is 52.5 Å². The molecule has 0 radical (unpaired) electrons. The number of aryl methyl sites for hydroxylation is 1. The van der Waals surface area contributed by atoms with Crippen LogP contribution < -0.4 is 0 Å². The number of esters is 1. The van der Waals surface area contributed by atoms with Crippen LogP contribution >= 0.6 is 0 Å². The van der Waals surface area contributed by atoms with E-state index in [1.54, 1.807) is 19.9 Å². The van der Waals surface area contributed by atoms with E-state index in [1.165, 1.54) is 30.2 Å². The molecule has 1 aromatic carbocycles. The number of carbonyl (C=O) groups is 3. The summed E-state index contributed by atoms with van der Waals surface area (Å²) in [7, 11) is 5.01. The third-order valence-electron chi connectivity index (χ3n) is 5.81. The van der Waals surface area contributed by atoms with Gasteiger partial charge in [-0.25, -0.2) is 9.18 Å². The molecule has 176 valence electrons. The van der Waals surface area contributed by atoms with Crippen LogP contribution in [0.5, 0.6) is 0 Å². The van der Waals surface area contributed by atoms with Crippen LogP contribution in [0.25, 0.3) is 5.76 Å². The molecule has 2 heterocycles. The van der Waals surface area contributed by atoms with E-state index in [0.717, 1.165) is 0 Å². The number of H-pyrrole nitrogens is 1. The number of methoxy groups -OCH3 is 1.